The van der Waals surface area contributed by atoms with Crippen LogP contribution in [0, 0.1) is 0 Å². The third-order valence-corrected chi connectivity index (χ3v) is 1.70. The molecule has 0 fully saturated rings. The molecule has 0 aromatic carbocycles. The summed E-state index contributed by atoms with van der Waals surface area (Å²) in [7, 11) is 3.16. The number of nitrogens with one attached hydrogen (secondary N) is 1. The molecule has 5 nitrogen and oxygen atoms in total. The molecular formula is C8H13N3O2. The first kappa shape index (κ1) is 9.76. The largest absolute Gasteiger partial charge is 0.495 e. The first-order valence-electron chi connectivity index (χ1n) is 3.81. The molecule has 0 radical (unpaired) electrons. The van der Waals surface area contributed by atoms with E-state index in [4.69, 9.17) is 15.3 Å². The number of nitrogens with two attached hydrogens (primary N) is 1. The van der Waals surface area contributed by atoms with E-state index in [2.05, 4.69) is 10.4 Å². The van der Waals surface area contributed by atoms with Gasteiger partial charge in [-0.1, -0.05) is 0 Å². The number of hydrogen-bond acceptors (Lipinski definition) is 5. The Morgan fingerprint density at radius 2 is 1.85 bits per heavy atom. The molecule has 0 aliphatic rings. The van der Waals surface area contributed by atoms with Crippen molar-refractivity contribution >= 4 is 0 Å². The average molecular weight is 183 g/mol. The summed E-state index contributed by atoms with van der Waals surface area (Å²) in [6.07, 6.45) is 3.24. The summed E-state index contributed by atoms with van der Waals surface area (Å²) in [5.41, 5.74) is 3.41. The van der Waals surface area contributed by atoms with Crippen LogP contribution in [0.3, 0.4) is 0 Å². The molecule has 0 bridgehead atoms. The van der Waals surface area contributed by atoms with Crippen molar-refractivity contribution in [2.45, 2.75) is 6.54 Å². The van der Waals surface area contributed by atoms with E-state index in [1.54, 1.807) is 26.6 Å². The van der Waals surface area contributed by atoms with Crippen molar-refractivity contribution in [3.63, 3.8) is 0 Å². The van der Waals surface area contributed by atoms with E-state index in [9.17, 15) is 0 Å². The predicted molar refractivity (Wildman–Crippen MR) is 48.4 cm³/mol. The second kappa shape index (κ2) is 4.64. The number of ether oxygens (including phenoxy) is 2. The third-order valence-electron chi connectivity index (χ3n) is 1.70. The van der Waals surface area contributed by atoms with Crippen LogP contribution in [0.4, 0.5) is 0 Å². The molecule has 0 amide bonds. The molecule has 0 unspecified atom stereocenters. The molecule has 1 rings (SSSR count). The lowest BCUT2D eigenvalue weighted by molar-refractivity contribution is 0.379. The van der Waals surface area contributed by atoms with Crippen LogP contribution in [-0.2, 0) is 6.54 Å². The third kappa shape index (κ3) is 2.07. The number of pyridine rings is 1. The summed E-state index contributed by atoms with van der Waals surface area (Å²) in [4.78, 5) is 3.95. The molecule has 0 saturated heterocycles. The van der Waals surface area contributed by atoms with Gasteiger partial charge in [0.2, 0.25) is 0 Å². The normalized spacial score (nSPS) is 9.77. The van der Waals surface area contributed by atoms with E-state index in [1.807, 2.05) is 0 Å². The van der Waals surface area contributed by atoms with Gasteiger partial charge in [-0.15, -0.1) is 0 Å². The summed E-state index contributed by atoms with van der Waals surface area (Å²) in [6, 6.07) is 0. The Bertz CT molecular complexity index is 256. The van der Waals surface area contributed by atoms with Gasteiger partial charge in [0.05, 0.1) is 32.2 Å². The van der Waals surface area contributed by atoms with E-state index in [1.165, 1.54) is 0 Å². The van der Waals surface area contributed by atoms with Gasteiger partial charge in [-0.05, 0) is 0 Å². The highest BCUT2D eigenvalue weighted by atomic mass is 16.5. The summed E-state index contributed by atoms with van der Waals surface area (Å²) >= 11 is 0. The maximum Gasteiger partial charge on any atom is 0.145 e. The number of hydrogen-bond donors (Lipinski definition) is 2. The van der Waals surface area contributed by atoms with E-state index in [-0.39, 0.29) is 0 Å². The summed E-state index contributed by atoms with van der Waals surface area (Å²) in [5, 5.41) is 0. The van der Waals surface area contributed by atoms with Crippen LogP contribution in [0.25, 0.3) is 0 Å². The fourth-order valence-electron chi connectivity index (χ4n) is 1.08. The monoisotopic (exact) mass is 183 g/mol. The van der Waals surface area contributed by atoms with Gasteiger partial charge in [-0.2, -0.15) is 0 Å². The summed E-state index contributed by atoms with van der Waals surface area (Å²) in [5.74, 6) is 6.55. The SMILES string of the molecule is COc1cncc(OC)c1CNN. The molecule has 1 heterocycles. The highest BCUT2D eigenvalue weighted by molar-refractivity contribution is 5.41. The van der Waals surface area contributed by atoms with Gasteiger partial charge >= 0.3 is 0 Å². The minimum absolute atomic E-state index is 0.481. The fourth-order valence-corrected chi connectivity index (χ4v) is 1.08. The average Bonchev–Trinajstić information content (AvgIpc) is 2.18. The zero-order valence-corrected chi connectivity index (χ0v) is 7.70. The zero-order valence-electron chi connectivity index (χ0n) is 7.70. The van der Waals surface area contributed by atoms with E-state index in [0.717, 1.165) is 5.56 Å². The number of methoxy groups -OCH3 is 2. The maximum absolute atomic E-state index is 5.23. The van der Waals surface area contributed by atoms with Crippen LogP contribution in [0.2, 0.25) is 0 Å². The van der Waals surface area contributed by atoms with Crippen molar-refractivity contribution in [2.75, 3.05) is 14.2 Å². The fraction of sp³-hybridized carbons (Fsp3) is 0.375. The Balaban J connectivity index is 3.05. The lowest BCUT2D eigenvalue weighted by Crippen LogP contribution is -2.21. The highest BCUT2D eigenvalue weighted by Crippen LogP contribution is 2.25. The first-order chi connectivity index (χ1) is 6.33. The van der Waals surface area contributed by atoms with Crippen molar-refractivity contribution < 1.29 is 9.47 Å². The standard InChI is InChI=1S/C8H13N3O2/c1-12-7-4-10-5-8(13-2)6(7)3-11-9/h4-5,11H,3,9H2,1-2H3. The second-order valence-electron chi connectivity index (χ2n) is 2.40. The van der Waals surface area contributed by atoms with E-state index >= 15 is 0 Å². The van der Waals surface area contributed by atoms with Crippen LogP contribution in [0.5, 0.6) is 11.5 Å². The summed E-state index contributed by atoms with van der Waals surface area (Å²) < 4.78 is 10.2. The lowest BCUT2D eigenvalue weighted by Gasteiger charge is -2.11. The van der Waals surface area contributed by atoms with E-state index in [0.29, 0.717) is 18.0 Å². The van der Waals surface area contributed by atoms with Crippen LogP contribution >= 0.6 is 0 Å². The van der Waals surface area contributed by atoms with Gasteiger partial charge in [0.1, 0.15) is 11.5 Å². The molecule has 13 heavy (non-hydrogen) atoms. The van der Waals surface area contributed by atoms with Gasteiger partial charge in [0.25, 0.3) is 0 Å². The minimum Gasteiger partial charge on any atom is -0.495 e. The Labute approximate surface area is 76.8 Å². The van der Waals surface area contributed by atoms with Crippen LogP contribution in [0.15, 0.2) is 12.4 Å². The van der Waals surface area contributed by atoms with Crippen molar-refractivity contribution in [1.82, 2.24) is 10.4 Å². The second-order valence-corrected chi connectivity index (χ2v) is 2.40. The van der Waals surface area contributed by atoms with Gasteiger partial charge < -0.3 is 9.47 Å². The Morgan fingerprint density at radius 3 is 2.23 bits per heavy atom. The Hall–Kier alpha value is -1.33. The van der Waals surface area contributed by atoms with Crippen molar-refractivity contribution in [3.8, 4) is 11.5 Å². The number of rotatable bonds is 4. The molecule has 1 aromatic heterocycles. The maximum atomic E-state index is 5.23. The highest BCUT2D eigenvalue weighted by Gasteiger charge is 2.08. The quantitative estimate of drug-likeness (QED) is 0.510. The van der Waals surface area contributed by atoms with Gasteiger partial charge in [0, 0.05) is 6.54 Å². The summed E-state index contributed by atoms with van der Waals surface area (Å²) in [6.45, 7) is 0.481. The minimum atomic E-state index is 0.481. The molecule has 0 aliphatic carbocycles. The molecule has 0 saturated carbocycles. The number of hydrazine groups is 1. The lowest BCUT2D eigenvalue weighted by atomic mass is 10.2. The molecule has 3 N–H and O–H groups in total. The molecule has 0 atom stereocenters. The molecular weight excluding hydrogens is 170 g/mol. The molecule has 1 aromatic rings. The van der Waals surface area contributed by atoms with Crippen LogP contribution in [0.1, 0.15) is 5.56 Å². The van der Waals surface area contributed by atoms with Crippen LogP contribution in [-0.4, -0.2) is 19.2 Å². The molecule has 5 heteroatoms. The van der Waals surface area contributed by atoms with Gasteiger partial charge in [0.15, 0.2) is 0 Å². The first-order valence-corrected chi connectivity index (χ1v) is 3.81. The predicted octanol–water partition coefficient (Wildman–Crippen LogP) is 0.0621. The van der Waals surface area contributed by atoms with Gasteiger partial charge in [-0.3, -0.25) is 16.3 Å². The van der Waals surface area contributed by atoms with E-state index < -0.39 is 0 Å². The number of nitrogens with zero attached hydrogens (tertiary/aromatic N) is 1. The Kier molecular flexibility index (Phi) is 3.48. The van der Waals surface area contributed by atoms with Crippen molar-refractivity contribution in [1.29, 1.82) is 0 Å². The molecule has 72 valence electrons. The molecule has 0 aliphatic heterocycles. The van der Waals surface area contributed by atoms with Crippen LogP contribution < -0.4 is 20.7 Å². The Morgan fingerprint density at radius 1 is 1.31 bits per heavy atom. The smallest absolute Gasteiger partial charge is 0.145 e. The topological polar surface area (TPSA) is 69.4 Å². The molecule has 0 spiro atoms. The van der Waals surface area contributed by atoms with Gasteiger partial charge in [-0.25, -0.2) is 0 Å². The van der Waals surface area contributed by atoms with Crippen molar-refractivity contribution in [2.24, 2.45) is 5.84 Å². The van der Waals surface area contributed by atoms with Crippen molar-refractivity contribution in [3.05, 3.63) is 18.0 Å². The zero-order chi connectivity index (χ0) is 9.68. The number of aromatic nitrogens is 1.